The fourth-order valence-electron chi connectivity index (χ4n) is 1.35. The van der Waals surface area contributed by atoms with Crippen LogP contribution in [0.25, 0.3) is 6.08 Å². The van der Waals surface area contributed by atoms with Crippen LogP contribution in [0.3, 0.4) is 0 Å². The topological polar surface area (TPSA) is 39.2 Å². The van der Waals surface area contributed by atoms with Gasteiger partial charge in [-0.05, 0) is 26.0 Å². The van der Waals surface area contributed by atoms with Gasteiger partial charge < -0.3 is 4.74 Å². The van der Waals surface area contributed by atoms with E-state index in [-0.39, 0.29) is 0 Å². The Balaban J connectivity index is 3.20. The molecule has 0 aliphatic carbocycles. The molecule has 14 heavy (non-hydrogen) atoms. The highest BCUT2D eigenvalue weighted by Crippen LogP contribution is 2.24. The summed E-state index contributed by atoms with van der Waals surface area (Å²) in [4.78, 5) is 14.4. The molecule has 0 atom stereocenters. The van der Waals surface area contributed by atoms with Crippen LogP contribution in [0.4, 0.5) is 0 Å². The third kappa shape index (κ3) is 1.99. The minimum Gasteiger partial charge on any atom is -0.496 e. The minimum absolute atomic E-state index is 0.730. The first-order valence-corrected chi connectivity index (χ1v) is 4.32. The summed E-state index contributed by atoms with van der Waals surface area (Å²) in [6.07, 6.45) is 5.55. The van der Waals surface area contributed by atoms with Gasteiger partial charge in [0.2, 0.25) is 0 Å². The number of hydrogen-bond donors (Lipinski definition) is 0. The monoisotopic (exact) mass is 191 g/mol. The average molecular weight is 191 g/mol. The Morgan fingerprint density at radius 1 is 1.43 bits per heavy atom. The van der Waals surface area contributed by atoms with Crippen molar-refractivity contribution in [2.45, 2.75) is 13.8 Å². The van der Waals surface area contributed by atoms with Crippen LogP contribution < -0.4 is 4.74 Å². The molecule has 0 bridgehead atoms. The van der Waals surface area contributed by atoms with Gasteiger partial charge in [-0.1, -0.05) is 0 Å². The lowest BCUT2D eigenvalue weighted by atomic mass is 10.1. The van der Waals surface area contributed by atoms with E-state index in [0.29, 0.717) is 0 Å². The van der Waals surface area contributed by atoms with Crippen LogP contribution in [0.1, 0.15) is 16.8 Å². The zero-order chi connectivity index (χ0) is 10.6. The van der Waals surface area contributed by atoms with Gasteiger partial charge in [0, 0.05) is 17.3 Å². The van der Waals surface area contributed by atoms with Crippen LogP contribution >= 0.6 is 0 Å². The number of methoxy groups -OCH3 is 1. The quantitative estimate of drug-likeness (QED) is 0.541. The Morgan fingerprint density at radius 3 is 2.71 bits per heavy atom. The Hall–Kier alpha value is -1.64. The van der Waals surface area contributed by atoms with Crippen LogP contribution in [0, 0.1) is 13.8 Å². The fourth-order valence-corrected chi connectivity index (χ4v) is 1.35. The van der Waals surface area contributed by atoms with E-state index in [1.54, 1.807) is 19.4 Å². The van der Waals surface area contributed by atoms with Crippen molar-refractivity contribution in [1.82, 2.24) is 4.98 Å². The van der Waals surface area contributed by atoms with Gasteiger partial charge >= 0.3 is 0 Å². The molecule has 0 unspecified atom stereocenters. The first-order valence-electron chi connectivity index (χ1n) is 4.32. The molecule has 1 rings (SSSR count). The second kappa shape index (κ2) is 4.56. The van der Waals surface area contributed by atoms with Gasteiger partial charge in [0.25, 0.3) is 0 Å². The standard InChI is InChI=1S/C11H13NO2/c1-8-7-12-10(5-4-6-13)9(2)11(8)14-3/h4-7H,1-3H3/b5-4+. The van der Waals surface area contributed by atoms with Gasteiger partial charge in [-0.25, -0.2) is 0 Å². The number of aromatic nitrogens is 1. The van der Waals surface area contributed by atoms with E-state index in [1.807, 2.05) is 13.8 Å². The minimum atomic E-state index is 0.730. The van der Waals surface area contributed by atoms with Crippen LogP contribution in [0.5, 0.6) is 5.75 Å². The van der Waals surface area contributed by atoms with Gasteiger partial charge in [0.15, 0.2) is 0 Å². The van der Waals surface area contributed by atoms with Crippen LogP contribution in [0.15, 0.2) is 12.3 Å². The van der Waals surface area contributed by atoms with Crippen molar-refractivity contribution < 1.29 is 9.53 Å². The lowest BCUT2D eigenvalue weighted by Gasteiger charge is -2.09. The molecule has 0 saturated heterocycles. The van der Waals surface area contributed by atoms with E-state index in [2.05, 4.69) is 4.98 Å². The molecule has 0 aromatic carbocycles. The maximum Gasteiger partial charge on any atom is 0.142 e. The number of ether oxygens (including phenoxy) is 1. The predicted octanol–water partition coefficient (Wildman–Crippen LogP) is 1.92. The number of aldehydes is 1. The summed E-state index contributed by atoms with van der Waals surface area (Å²) < 4.78 is 5.23. The van der Waals surface area contributed by atoms with Crippen molar-refractivity contribution in [3.8, 4) is 5.75 Å². The Kier molecular flexibility index (Phi) is 3.40. The molecule has 3 nitrogen and oxygen atoms in total. The lowest BCUT2D eigenvalue weighted by molar-refractivity contribution is -0.104. The second-order valence-electron chi connectivity index (χ2n) is 2.98. The van der Waals surface area contributed by atoms with Crippen molar-refractivity contribution in [1.29, 1.82) is 0 Å². The molecule has 0 N–H and O–H groups in total. The molecule has 0 radical (unpaired) electrons. The highest BCUT2D eigenvalue weighted by molar-refractivity contribution is 5.74. The van der Waals surface area contributed by atoms with Crippen LogP contribution in [-0.2, 0) is 4.79 Å². The maximum absolute atomic E-state index is 10.2. The molecule has 0 saturated carbocycles. The highest BCUT2D eigenvalue weighted by atomic mass is 16.5. The summed E-state index contributed by atoms with van der Waals surface area (Å²) in [5.41, 5.74) is 2.71. The Labute approximate surface area is 83.4 Å². The number of rotatable bonds is 3. The Bertz CT molecular complexity index is 370. The summed E-state index contributed by atoms with van der Waals surface area (Å²) >= 11 is 0. The zero-order valence-corrected chi connectivity index (χ0v) is 8.57. The smallest absolute Gasteiger partial charge is 0.142 e. The van der Waals surface area contributed by atoms with Gasteiger partial charge in [-0.3, -0.25) is 9.78 Å². The molecular formula is C11H13NO2. The summed E-state index contributed by atoms with van der Waals surface area (Å²) in [5.74, 6) is 0.825. The number of aryl methyl sites for hydroxylation is 1. The molecule has 0 aliphatic rings. The molecule has 0 spiro atoms. The fraction of sp³-hybridized carbons (Fsp3) is 0.273. The maximum atomic E-state index is 10.2. The molecule has 3 heteroatoms. The zero-order valence-electron chi connectivity index (χ0n) is 8.57. The first-order chi connectivity index (χ1) is 6.70. The van der Waals surface area contributed by atoms with Crippen molar-refractivity contribution in [2.75, 3.05) is 7.11 Å². The van der Waals surface area contributed by atoms with Gasteiger partial charge in [0.1, 0.15) is 12.0 Å². The highest BCUT2D eigenvalue weighted by Gasteiger charge is 2.06. The van der Waals surface area contributed by atoms with Crippen molar-refractivity contribution in [2.24, 2.45) is 0 Å². The van der Waals surface area contributed by atoms with Crippen LogP contribution in [0.2, 0.25) is 0 Å². The molecule has 1 aromatic rings. The first kappa shape index (κ1) is 10.4. The number of allylic oxidation sites excluding steroid dienone is 1. The largest absolute Gasteiger partial charge is 0.496 e. The predicted molar refractivity (Wildman–Crippen MR) is 55.4 cm³/mol. The molecule has 1 heterocycles. The second-order valence-corrected chi connectivity index (χ2v) is 2.98. The normalized spacial score (nSPS) is 10.5. The molecule has 74 valence electrons. The van der Waals surface area contributed by atoms with Crippen molar-refractivity contribution in [3.63, 3.8) is 0 Å². The average Bonchev–Trinajstić information content (AvgIpc) is 2.18. The third-order valence-corrected chi connectivity index (χ3v) is 2.02. The number of nitrogens with zero attached hydrogens (tertiary/aromatic N) is 1. The van der Waals surface area contributed by atoms with E-state index in [9.17, 15) is 4.79 Å². The molecule has 0 fully saturated rings. The number of pyridine rings is 1. The van der Waals surface area contributed by atoms with E-state index >= 15 is 0 Å². The van der Waals surface area contributed by atoms with Gasteiger partial charge in [-0.2, -0.15) is 0 Å². The summed E-state index contributed by atoms with van der Waals surface area (Å²) in [7, 11) is 1.63. The number of carbonyl (C=O) groups is 1. The van der Waals surface area contributed by atoms with Gasteiger partial charge in [-0.15, -0.1) is 0 Å². The SMILES string of the molecule is COc1c(C)cnc(/C=C/C=O)c1C. The molecule has 0 amide bonds. The van der Waals surface area contributed by atoms with Crippen LogP contribution in [-0.4, -0.2) is 18.4 Å². The summed E-state index contributed by atoms with van der Waals surface area (Å²) in [6.45, 7) is 3.86. The number of hydrogen-bond acceptors (Lipinski definition) is 3. The van der Waals surface area contributed by atoms with Crippen molar-refractivity contribution >= 4 is 12.4 Å². The number of carbonyl (C=O) groups excluding carboxylic acids is 1. The third-order valence-electron chi connectivity index (χ3n) is 2.02. The van der Waals surface area contributed by atoms with E-state index in [4.69, 9.17) is 4.74 Å². The summed E-state index contributed by atoms with van der Waals surface area (Å²) in [5, 5.41) is 0. The molecule has 0 aliphatic heterocycles. The van der Waals surface area contributed by atoms with E-state index < -0.39 is 0 Å². The van der Waals surface area contributed by atoms with E-state index in [0.717, 1.165) is 28.9 Å². The summed E-state index contributed by atoms with van der Waals surface area (Å²) in [6, 6.07) is 0. The Morgan fingerprint density at radius 2 is 2.14 bits per heavy atom. The lowest BCUT2D eigenvalue weighted by Crippen LogP contribution is -1.96. The molecule has 1 aromatic heterocycles. The van der Waals surface area contributed by atoms with E-state index in [1.165, 1.54) is 6.08 Å². The molecular weight excluding hydrogens is 178 g/mol. The van der Waals surface area contributed by atoms with Crippen molar-refractivity contribution in [3.05, 3.63) is 29.1 Å². The van der Waals surface area contributed by atoms with Gasteiger partial charge in [0.05, 0.1) is 12.8 Å².